The van der Waals surface area contributed by atoms with Crippen LogP contribution in [0, 0.1) is 0 Å². The van der Waals surface area contributed by atoms with Crippen molar-refractivity contribution in [1.82, 2.24) is 9.21 Å². The molecule has 7 heteroatoms. The largest absolute Gasteiger partial charge is 0.396 e. The lowest BCUT2D eigenvalue weighted by atomic mass is 10.2. The van der Waals surface area contributed by atoms with Gasteiger partial charge in [0, 0.05) is 39.2 Å². The Balaban J connectivity index is 2.43. The van der Waals surface area contributed by atoms with Gasteiger partial charge in [0.2, 0.25) is 15.9 Å². The lowest BCUT2D eigenvalue weighted by Gasteiger charge is -2.34. The van der Waals surface area contributed by atoms with E-state index in [9.17, 15) is 13.2 Å². The molecular weight excluding hydrogens is 256 g/mol. The minimum absolute atomic E-state index is 0.00316. The molecule has 0 radical (unpaired) electrons. The van der Waals surface area contributed by atoms with Gasteiger partial charge >= 0.3 is 0 Å². The lowest BCUT2D eigenvalue weighted by molar-refractivity contribution is -0.132. The maximum absolute atomic E-state index is 11.8. The van der Waals surface area contributed by atoms with E-state index in [1.54, 1.807) is 4.90 Å². The van der Waals surface area contributed by atoms with Crippen molar-refractivity contribution in [1.29, 1.82) is 0 Å². The first-order chi connectivity index (χ1) is 8.51. The average molecular weight is 278 g/mol. The number of nitrogens with zero attached hydrogens (tertiary/aromatic N) is 2. The van der Waals surface area contributed by atoms with Crippen molar-refractivity contribution in [2.45, 2.75) is 26.2 Å². The van der Waals surface area contributed by atoms with E-state index in [0.717, 1.165) is 0 Å². The highest BCUT2D eigenvalue weighted by molar-refractivity contribution is 7.89. The van der Waals surface area contributed by atoms with E-state index >= 15 is 0 Å². The number of piperazine rings is 1. The van der Waals surface area contributed by atoms with Gasteiger partial charge in [0.25, 0.3) is 0 Å². The molecule has 1 saturated heterocycles. The molecule has 0 atom stereocenters. The van der Waals surface area contributed by atoms with E-state index in [1.165, 1.54) is 4.31 Å². The minimum atomic E-state index is -3.14. The Morgan fingerprint density at radius 1 is 1.22 bits per heavy atom. The van der Waals surface area contributed by atoms with E-state index in [1.807, 2.05) is 6.92 Å². The standard InChI is InChI=1S/C11H22N2O4S/c1-2-10-18(16,17)13-7-5-12(6-8-13)11(15)4-3-9-14/h14H,2-10H2,1H3. The van der Waals surface area contributed by atoms with Crippen LogP contribution < -0.4 is 0 Å². The molecule has 1 N–H and O–H groups in total. The van der Waals surface area contributed by atoms with Crippen LogP contribution in [0.4, 0.5) is 0 Å². The summed E-state index contributed by atoms with van der Waals surface area (Å²) in [5, 5.41) is 8.66. The van der Waals surface area contributed by atoms with E-state index in [4.69, 9.17) is 5.11 Å². The predicted molar refractivity (Wildman–Crippen MR) is 68.6 cm³/mol. The molecule has 6 nitrogen and oxygen atoms in total. The zero-order valence-electron chi connectivity index (χ0n) is 10.8. The van der Waals surface area contributed by atoms with Crippen LogP contribution >= 0.6 is 0 Å². The van der Waals surface area contributed by atoms with Gasteiger partial charge in [-0.25, -0.2) is 8.42 Å². The highest BCUT2D eigenvalue weighted by atomic mass is 32.2. The summed E-state index contributed by atoms with van der Waals surface area (Å²) in [5.74, 6) is 0.169. The number of carbonyl (C=O) groups excluding carboxylic acids is 1. The Hall–Kier alpha value is -0.660. The topological polar surface area (TPSA) is 77.9 Å². The highest BCUT2D eigenvalue weighted by Crippen LogP contribution is 2.10. The summed E-state index contributed by atoms with van der Waals surface area (Å²) in [6, 6.07) is 0. The number of carbonyl (C=O) groups is 1. The molecule has 106 valence electrons. The van der Waals surface area contributed by atoms with Crippen LogP contribution in [0.15, 0.2) is 0 Å². The molecule has 0 spiro atoms. The van der Waals surface area contributed by atoms with E-state index in [0.29, 0.717) is 45.4 Å². The summed E-state index contributed by atoms with van der Waals surface area (Å²) in [6.45, 7) is 3.52. The fourth-order valence-corrected chi connectivity index (χ4v) is 3.48. The summed E-state index contributed by atoms with van der Waals surface area (Å²) in [6.07, 6.45) is 1.41. The number of aliphatic hydroxyl groups excluding tert-OH is 1. The van der Waals surface area contributed by atoms with Crippen LogP contribution in [0.2, 0.25) is 0 Å². The third-order valence-electron chi connectivity index (χ3n) is 3.00. The molecule has 0 aliphatic carbocycles. The Bertz CT molecular complexity index is 361. The quantitative estimate of drug-likeness (QED) is 0.720. The van der Waals surface area contributed by atoms with Gasteiger partial charge in [-0.15, -0.1) is 0 Å². The zero-order chi connectivity index (χ0) is 13.6. The van der Waals surface area contributed by atoms with Crippen molar-refractivity contribution < 1.29 is 18.3 Å². The lowest BCUT2D eigenvalue weighted by Crippen LogP contribution is -2.51. The van der Waals surface area contributed by atoms with Crippen molar-refractivity contribution in [3.05, 3.63) is 0 Å². The summed E-state index contributed by atoms with van der Waals surface area (Å²) in [7, 11) is -3.14. The highest BCUT2D eigenvalue weighted by Gasteiger charge is 2.27. The Kier molecular flexibility index (Phi) is 6.04. The molecule has 0 saturated carbocycles. The van der Waals surface area contributed by atoms with Crippen LogP contribution in [0.25, 0.3) is 0 Å². The monoisotopic (exact) mass is 278 g/mol. The SMILES string of the molecule is CCCS(=O)(=O)N1CCN(C(=O)CCCO)CC1. The fourth-order valence-electron chi connectivity index (χ4n) is 1.99. The number of hydrogen-bond acceptors (Lipinski definition) is 4. The van der Waals surface area contributed by atoms with E-state index in [-0.39, 0.29) is 18.3 Å². The number of aliphatic hydroxyl groups is 1. The van der Waals surface area contributed by atoms with Crippen molar-refractivity contribution in [2.24, 2.45) is 0 Å². The minimum Gasteiger partial charge on any atom is -0.396 e. The smallest absolute Gasteiger partial charge is 0.222 e. The first-order valence-corrected chi connectivity index (χ1v) is 7.98. The number of amides is 1. The Morgan fingerprint density at radius 3 is 2.33 bits per heavy atom. The number of rotatable bonds is 6. The molecule has 1 aliphatic rings. The van der Waals surface area contributed by atoms with Crippen LogP contribution in [0.1, 0.15) is 26.2 Å². The molecule has 1 aliphatic heterocycles. The average Bonchev–Trinajstić information content (AvgIpc) is 2.36. The van der Waals surface area contributed by atoms with Gasteiger partial charge in [0.1, 0.15) is 0 Å². The fraction of sp³-hybridized carbons (Fsp3) is 0.909. The van der Waals surface area contributed by atoms with Gasteiger partial charge in [-0.1, -0.05) is 6.92 Å². The molecule has 0 aromatic carbocycles. The molecule has 0 aromatic rings. The van der Waals surface area contributed by atoms with Crippen molar-refractivity contribution >= 4 is 15.9 Å². The van der Waals surface area contributed by atoms with Gasteiger partial charge in [-0.3, -0.25) is 4.79 Å². The van der Waals surface area contributed by atoms with Gasteiger partial charge in [0.05, 0.1) is 5.75 Å². The van der Waals surface area contributed by atoms with Crippen LogP contribution in [-0.2, 0) is 14.8 Å². The van der Waals surface area contributed by atoms with Crippen molar-refractivity contribution in [2.75, 3.05) is 38.5 Å². The number of sulfonamides is 1. The van der Waals surface area contributed by atoms with Crippen LogP contribution in [0.5, 0.6) is 0 Å². The molecule has 18 heavy (non-hydrogen) atoms. The molecule has 1 amide bonds. The number of hydrogen-bond donors (Lipinski definition) is 1. The normalized spacial score (nSPS) is 18.0. The van der Waals surface area contributed by atoms with Gasteiger partial charge in [-0.2, -0.15) is 4.31 Å². The first kappa shape index (κ1) is 15.4. The molecule has 0 aromatic heterocycles. The molecule has 0 unspecified atom stereocenters. The molecule has 1 heterocycles. The third-order valence-corrected chi connectivity index (χ3v) is 5.07. The third kappa shape index (κ3) is 4.22. The summed E-state index contributed by atoms with van der Waals surface area (Å²) in [4.78, 5) is 13.4. The first-order valence-electron chi connectivity index (χ1n) is 6.37. The Labute approximate surface area is 109 Å². The van der Waals surface area contributed by atoms with Gasteiger partial charge in [-0.05, 0) is 12.8 Å². The van der Waals surface area contributed by atoms with Crippen LogP contribution in [-0.4, -0.2) is 67.2 Å². The molecule has 1 rings (SSSR count). The maximum atomic E-state index is 11.8. The molecule has 0 bridgehead atoms. The Morgan fingerprint density at radius 2 is 1.83 bits per heavy atom. The summed E-state index contributed by atoms with van der Waals surface area (Å²) >= 11 is 0. The second-order valence-electron chi connectivity index (χ2n) is 4.42. The maximum Gasteiger partial charge on any atom is 0.222 e. The van der Waals surface area contributed by atoms with Crippen LogP contribution in [0.3, 0.4) is 0 Å². The molecule has 1 fully saturated rings. The summed E-state index contributed by atoms with van der Waals surface area (Å²) < 4.78 is 25.1. The van der Waals surface area contributed by atoms with E-state index in [2.05, 4.69) is 0 Å². The van der Waals surface area contributed by atoms with Crippen molar-refractivity contribution in [3.63, 3.8) is 0 Å². The second-order valence-corrected chi connectivity index (χ2v) is 6.51. The van der Waals surface area contributed by atoms with E-state index < -0.39 is 10.0 Å². The van der Waals surface area contributed by atoms with Gasteiger partial charge < -0.3 is 10.0 Å². The zero-order valence-corrected chi connectivity index (χ0v) is 11.7. The summed E-state index contributed by atoms with van der Waals surface area (Å²) in [5.41, 5.74) is 0. The predicted octanol–water partition coefficient (Wildman–Crippen LogP) is -0.357. The van der Waals surface area contributed by atoms with Crippen molar-refractivity contribution in [3.8, 4) is 0 Å². The molecular formula is C11H22N2O4S. The van der Waals surface area contributed by atoms with Gasteiger partial charge in [0.15, 0.2) is 0 Å². The second kappa shape index (κ2) is 7.06.